The zero-order valence-corrected chi connectivity index (χ0v) is 16.8. The SMILES string of the molecule is Cc1ccccc1N1CCN(S(=O)(=O)c2ccc(-c3ccccc3)cc2)CC1. The van der Waals surface area contributed by atoms with Crippen LogP contribution in [0.15, 0.2) is 83.8 Å². The van der Waals surface area contributed by atoms with Crippen molar-refractivity contribution in [2.24, 2.45) is 0 Å². The molecule has 28 heavy (non-hydrogen) atoms. The maximum Gasteiger partial charge on any atom is 0.243 e. The van der Waals surface area contributed by atoms with E-state index in [1.165, 1.54) is 11.3 Å². The maximum absolute atomic E-state index is 13.1. The van der Waals surface area contributed by atoms with E-state index in [-0.39, 0.29) is 0 Å². The van der Waals surface area contributed by atoms with Crippen molar-refractivity contribution in [2.45, 2.75) is 11.8 Å². The topological polar surface area (TPSA) is 40.6 Å². The van der Waals surface area contributed by atoms with Gasteiger partial charge in [-0.3, -0.25) is 0 Å². The minimum atomic E-state index is -3.47. The molecule has 4 rings (SSSR count). The van der Waals surface area contributed by atoms with Gasteiger partial charge < -0.3 is 4.90 Å². The predicted octanol–water partition coefficient (Wildman–Crippen LogP) is 4.17. The van der Waals surface area contributed by atoms with Crippen LogP contribution in [0.5, 0.6) is 0 Å². The number of hydrogen-bond donors (Lipinski definition) is 0. The van der Waals surface area contributed by atoms with Crippen LogP contribution in [-0.4, -0.2) is 38.9 Å². The Balaban J connectivity index is 1.48. The maximum atomic E-state index is 13.1. The molecule has 0 N–H and O–H groups in total. The van der Waals surface area contributed by atoms with Crippen molar-refractivity contribution >= 4 is 15.7 Å². The summed E-state index contributed by atoms with van der Waals surface area (Å²) in [5.74, 6) is 0. The van der Waals surface area contributed by atoms with E-state index in [1.54, 1.807) is 16.4 Å². The fourth-order valence-electron chi connectivity index (χ4n) is 3.69. The lowest BCUT2D eigenvalue weighted by atomic mass is 10.1. The van der Waals surface area contributed by atoms with Crippen LogP contribution in [-0.2, 0) is 10.0 Å². The average Bonchev–Trinajstić information content (AvgIpc) is 2.75. The Hall–Kier alpha value is -2.63. The summed E-state index contributed by atoms with van der Waals surface area (Å²) in [6, 6.07) is 25.4. The lowest BCUT2D eigenvalue weighted by Gasteiger charge is -2.36. The van der Waals surface area contributed by atoms with Crippen molar-refractivity contribution in [1.82, 2.24) is 4.31 Å². The zero-order valence-electron chi connectivity index (χ0n) is 16.0. The minimum absolute atomic E-state index is 0.358. The van der Waals surface area contributed by atoms with Gasteiger partial charge in [0.05, 0.1) is 4.90 Å². The van der Waals surface area contributed by atoms with Crippen LogP contribution < -0.4 is 4.90 Å². The highest BCUT2D eigenvalue weighted by atomic mass is 32.2. The number of nitrogens with zero attached hydrogens (tertiary/aromatic N) is 2. The van der Waals surface area contributed by atoms with Gasteiger partial charge in [-0.1, -0.05) is 60.7 Å². The molecule has 3 aromatic rings. The molecule has 4 nitrogen and oxygen atoms in total. The summed E-state index contributed by atoms with van der Waals surface area (Å²) in [5.41, 5.74) is 4.50. The van der Waals surface area contributed by atoms with E-state index in [9.17, 15) is 8.42 Å². The summed E-state index contributed by atoms with van der Waals surface area (Å²) in [5, 5.41) is 0. The minimum Gasteiger partial charge on any atom is -0.369 e. The molecule has 144 valence electrons. The van der Waals surface area contributed by atoms with E-state index in [1.807, 2.05) is 54.6 Å². The Bertz CT molecular complexity index is 1040. The van der Waals surface area contributed by atoms with Crippen molar-refractivity contribution in [1.29, 1.82) is 0 Å². The number of para-hydroxylation sites is 1. The summed E-state index contributed by atoms with van der Waals surface area (Å²) in [6.45, 7) is 4.49. The third kappa shape index (κ3) is 3.68. The molecule has 0 bridgehead atoms. The quantitative estimate of drug-likeness (QED) is 0.669. The molecule has 1 saturated heterocycles. The first kappa shape index (κ1) is 18.7. The smallest absolute Gasteiger partial charge is 0.243 e. The van der Waals surface area contributed by atoms with Gasteiger partial charge in [0.25, 0.3) is 0 Å². The van der Waals surface area contributed by atoms with Crippen LogP contribution in [0, 0.1) is 6.92 Å². The van der Waals surface area contributed by atoms with Crippen molar-refractivity contribution < 1.29 is 8.42 Å². The van der Waals surface area contributed by atoms with Gasteiger partial charge in [-0.15, -0.1) is 0 Å². The highest BCUT2D eigenvalue weighted by molar-refractivity contribution is 7.89. The van der Waals surface area contributed by atoms with Gasteiger partial charge >= 0.3 is 0 Å². The monoisotopic (exact) mass is 392 g/mol. The summed E-state index contributed by atoms with van der Waals surface area (Å²) >= 11 is 0. The Kier molecular flexibility index (Phi) is 5.20. The highest BCUT2D eigenvalue weighted by Crippen LogP contribution is 2.25. The molecule has 0 spiro atoms. The summed E-state index contributed by atoms with van der Waals surface area (Å²) in [6.07, 6.45) is 0. The zero-order chi connectivity index (χ0) is 19.6. The number of sulfonamides is 1. The van der Waals surface area contributed by atoms with Crippen LogP contribution in [0.3, 0.4) is 0 Å². The average molecular weight is 393 g/mol. The number of anilines is 1. The van der Waals surface area contributed by atoms with E-state index < -0.39 is 10.0 Å². The number of hydrogen-bond acceptors (Lipinski definition) is 3. The molecule has 0 saturated carbocycles. The molecule has 5 heteroatoms. The molecular weight excluding hydrogens is 368 g/mol. The van der Waals surface area contributed by atoms with Gasteiger partial charge in [0, 0.05) is 31.9 Å². The van der Waals surface area contributed by atoms with Crippen LogP contribution in [0.1, 0.15) is 5.56 Å². The Morgan fingerprint density at radius 1 is 0.679 bits per heavy atom. The Morgan fingerprint density at radius 3 is 1.89 bits per heavy atom. The first-order chi connectivity index (χ1) is 13.6. The lowest BCUT2D eigenvalue weighted by Crippen LogP contribution is -2.48. The molecule has 0 radical (unpaired) electrons. The van der Waals surface area contributed by atoms with E-state index in [2.05, 4.69) is 24.0 Å². The van der Waals surface area contributed by atoms with Gasteiger partial charge in [-0.25, -0.2) is 8.42 Å². The summed E-state index contributed by atoms with van der Waals surface area (Å²) in [7, 11) is -3.47. The van der Waals surface area contributed by atoms with Gasteiger partial charge in [-0.2, -0.15) is 4.31 Å². The standard InChI is InChI=1S/C23H24N2O2S/c1-19-7-5-6-10-23(19)24-15-17-25(18-16-24)28(26,27)22-13-11-21(12-14-22)20-8-3-2-4-9-20/h2-14H,15-18H2,1H3. The van der Waals surface area contributed by atoms with E-state index in [0.29, 0.717) is 31.1 Å². The first-order valence-corrected chi connectivity index (χ1v) is 11.0. The van der Waals surface area contributed by atoms with E-state index in [4.69, 9.17) is 0 Å². The van der Waals surface area contributed by atoms with Crippen molar-refractivity contribution in [3.63, 3.8) is 0 Å². The summed E-state index contributed by atoms with van der Waals surface area (Å²) < 4.78 is 27.7. The fourth-order valence-corrected chi connectivity index (χ4v) is 5.11. The van der Waals surface area contributed by atoms with Gasteiger partial charge in [0.2, 0.25) is 10.0 Å². The van der Waals surface area contributed by atoms with E-state index in [0.717, 1.165) is 11.1 Å². The van der Waals surface area contributed by atoms with Crippen LogP contribution in [0.25, 0.3) is 11.1 Å². The molecule has 1 aliphatic heterocycles. The van der Waals surface area contributed by atoms with Crippen molar-refractivity contribution in [3.8, 4) is 11.1 Å². The molecule has 0 aromatic heterocycles. The molecule has 3 aromatic carbocycles. The fraction of sp³-hybridized carbons (Fsp3) is 0.217. The highest BCUT2D eigenvalue weighted by Gasteiger charge is 2.28. The number of rotatable bonds is 4. The van der Waals surface area contributed by atoms with E-state index >= 15 is 0 Å². The molecule has 0 unspecified atom stereocenters. The van der Waals surface area contributed by atoms with Gasteiger partial charge in [0.1, 0.15) is 0 Å². The largest absolute Gasteiger partial charge is 0.369 e. The van der Waals surface area contributed by atoms with Crippen molar-refractivity contribution in [3.05, 3.63) is 84.4 Å². The second kappa shape index (κ2) is 7.78. The molecule has 1 heterocycles. The number of aryl methyl sites for hydroxylation is 1. The van der Waals surface area contributed by atoms with Crippen LogP contribution in [0.2, 0.25) is 0 Å². The second-order valence-corrected chi connectivity index (χ2v) is 9.01. The van der Waals surface area contributed by atoms with Crippen LogP contribution >= 0.6 is 0 Å². The Morgan fingerprint density at radius 2 is 1.25 bits per heavy atom. The number of benzene rings is 3. The predicted molar refractivity (Wildman–Crippen MR) is 114 cm³/mol. The normalized spacial score (nSPS) is 15.5. The molecule has 0 atom stereocenters. The van der Waals surface area contributed by atoms with Gasteiger partial charge in [0.15, 0.2) is 0 Å². The molecular formula is C23H24N2O2S. The Labute approximate surface area is 167 Å². The van der Waals surface area contributed by atoms with Crippen LogP contribution in [0.4, 0.5) is 5.69 Å². The molecule has 1 fully saturated rings. The third-order valence-corrected chi connectivity index (χ3v) is 7.21. The lowest BCUT2D eigenvalue weighted by molar-refractivity contribution is 0.385. The van der Waals surface area contributed by atoms with Crippen molar-refractivity contribution in [2.75, 3.05) is 31.1 Å². The second-order valence-electron chi connectivity index (χ2n) is 7.07. The first-order valence-electron chi connectivity index (χ1n) is 9.52. The van der Waals surface area contributed by atoms with Gasteiger partial charge in [-0.05, 0) is 41.8 Å². The molecule has 1 aliphatic rings. The third-order valence-electron chi connectivity index (χ3n) is 5.29. The molecule has 0 amide bonds. The summed E-state index contributed by atoms with van der Waals surface area (Å²) in [4.78, 5) is 2.62. The molecule has 0 aliphatic carbocycles. The number of piperazine rings is 1.